The molecular formula is C14H27NO4. The van der Waals surface area contributed by atoms with Gasteiger partial charge >= 0.3 is 12.2 Å². The molecule has 0 saturated carbocycles. The first kappa shape index (κ1) is 17.7. The molecule has 0 aliphatic carbocycles. The summed E-state index contributed by atoms with van der Waals surface area (Å²) in [4.78, 5) is 20.9. The van der Waals surface area contributed by atoms with Crippen LogP contribution in [0.2, 0.25) is 0 Å². The van der Waals surface area contributed by atoms with Crippen molar-refractivity contribution in [2.75, 3.05) is 6.61 Å². The van der Waals surface area contributed by atoms with Gasteiger partial charge in [-0.2, -0.15) is 0 Å². The quantitative estimate of drug-likeness (QED) is 0.550. The second-order valence-corrected chi connectivity index (χ2v) is 4.75. The summed E-state index contributed by atoms with van der Waals surface area (Å²) in [5, 5.41) is 9.88. The fourth-order valence-electron chi connectivity index (χ4n) is 1.88. The number of hydrogen-bond acceptors (Lipinski definition) is 3. The first-order valence-electron chi connectivity index (χ1n) is 7.33. The highest BCUT2D eigenvalue weighted by atomic mass is 16.6. The molecule has 0 heterocycles. The van der Waals surface area contributed by atoms with Crippen LogP contribution in [-0.4, -0.2) is 23.9 Å². The van der Waals surface area contributed by atoms with Gasteiger partial charge in [0.2, 0.25) is 0 Å². The molecule has 0 spiro atoms. The summed E-state index contributed by atoms with van der Waals surface area (Å²) in [5.74, 6) is 0. The minimum atomic E-state index is -1.38. The zero-order valence-electron chi connectivity index (χ0n) is 12.0. The Balaban J connectivity index is 3.10. The fraction of sp³-hybridized carbons (Fsp3) is 0.857. The number of carbonyl (C=O) groups is 2. The van der Waals surface area contributed by atoms with E-state index in [1.807, 2.05) is 0 Å². The zero-order chi connectivity index (χ0) is 14.3. The van der Waals surface area contributed by atoms with Crippen molar-refractivity contribution < 1.29 is 19.4 Å². The van der Waals surface area contributed by atoms with Crippen LogP contribution in [0.1, 0.15) is 71.1 Å². The maximum absolute atomic E-state index is 10.8. The van der Waals surface area contributed by atoms with Crippen LogP contribution in [0.4, 0.5) is 9.59 Å². The Hall–Kier alpha value is -1.26. The average molecular weight is 273 g/mol. The van der Waals surface area contributed by atoms with Gasteiger partial charge in [-0.3, -0.25) is 0 Å². The molecule has 0 unspecified atom stereocenters. The predicted octanol–water partition coefficient (Wildman–Crippen LogP) is 4.31. The standard InChI is InChI=1S/C14H27NO4/c1-2-3-4-5-6-7-8-9-10-11-12-19-14(18)15-13(16)17/h2-12H2,1H3,(H,15,18)(H,16,17). The van der Waals surface area contributed by atoms with E-state index < -0.39 is 12.2 Å². The molecule has 2 N–H and O–H groups in total. The summed E-state index contributed by atoms with van der Waals surface area (Å²) in [6.07, 6.45) is 9.85. The van der Waals surface area contributed by atoms with E-state index in [0.29, 0.717) is 0 Å². The minimum Gasteiger partial charge on any atom is -0.465 e. The van der Waals surface area contributed by atoms with Gasteiger partial charge < -0.3 is 9.84 Å². The third kappa shape index (κ3) is 14.7. The van der Waals surface area contributed by atoms with E-state index >= 15 is 0 Å². The van der Waals surface area contributed by atoms with Crippen LogP contribution in [0.3, 0.4) is 0 Å². The minimum absolute atomic E-state index is 0.287. The molecule has 0 aromatic rings. The number of alkyl carbamates (subject to hydrolysis) is 1. The Morgan fingerprint density at radius 1 is 0.895 bits per heavy atom. The highest BCUT2D eigenvalue weighted by Crippen LogP contribution is 2.10. The van der Waals surface area contributed by atoms with Gasteiger partial charge in [0.1, 0.15) is 0 Å². The fourth-order valence-corrected chi connectivity index (χ4v) is 1.88. The van der Waals surface area contributed by atoms with Crippen molar-refractivity contribution >= 4 is 12.2 Å². The van der Waals surface area contributed by atoms with E-state index in [9.17, 15) is 9.59 Å². The van der Waals surface area contributed by atoms with Gasteiger partial charge in [0.15, 0.2) is 0 Å². The van der Waals surface area contributed by atoms with Crippen molar-refractivity contribution in [3.05, 3.63) is 0 Å². The highest BCUT2D eigenvalue weighted by Gasteiger charge is 2.04. The SMILES string of the molecule is CCCCCCCCCCCCOC(=O)NC(=O)O. The first-order valence-corrected chi connectivity index (χ1v) is 7.33. The molecule has 0 rings (SSSR count). The molecule has 0 aromatic carbocycles. The Morgan fingerprint density at radius 3 is 1.84 bits per heavy atom. The van der Waals surface area contributed by atoms with E-state index in [4.69, 9.17) is 9.84 Å². The number of hydrogen-bond donors (Lipinski definition) is 2. The van der Waals surface area contributed by atoms with Crippen molar-refractivity contribution in [2.24, 2.45) is 0 Å². The topological polar surface area (TPSA) is 75.6 Å². The summed E-state index contributed by atoms with van der Waals surface area (Å²) < 4.78 is 4.69. The Labute approximate surface area is 115 Å². The third-order valence-electron chi connectivity index (χ3n) is 2.94. The Bertz CT molecular complexity index is 244. The number of amides is 2. The Kier molecular flexibility index (Phi) is 12.3. The molecule has 19 heavy (non-hydrogen) atoms. The molecular weight excluding hydrogens is 246 g/mol. The van der Waals surface area contributed by atoms with Crippen molar-refractivity contribution in [3.8, 4) is 0 Å². The lowest BCUT2D eigenvalue weighted by molar-refractivity contribution is 0.138. The lowest BCUT2D eigenvalue weighted by Gasteiger charge is -2.04. The van der Waals surface area contributed by atoms with Crippen LogP contribution >= 0.6 is 0 Å². The van der Waals surface area contributed by atoms with Gasteiger partial charge in [0.05, 0.1) is 6.61 Å². The van der Waals surface area contributed by atoms with Crippen molar-refractivity contribution in [1.29, 1.82) is 0 Å². The molecule has 0 radical (unpaired) electrons. The number of unbranched alkanes of at least 4 members (excludes halogenated alkanes) is 9. The van der Waals surface area contributed by atoms with Crippen LogP contribution in [0, 0.1) is 0 Å². The zero-order valence-corrected chi connectivity index (χ0v) is 12.0. The molecule has 0 saturated heterocycles. The number of rotatable bonds is 11. The molecule has 0 aliphatic rings. The molecule has 5 heteroatoms. The Morgan fingerprint density at radius 2 is 1.37 bits per heavy atom. The van der Waals surface area contributed by atoms with E-state index in [1.54, 1.807) is 5.32 Å². The number of imide groups is 1. The second kappa shape index (κ2) is 13.2. The van der Waals surface area contributed by atoms with Gasteiger partial charge in [0.25, 0.3) is 0 Å². The van der Waals surface area contributed by atoms with Crippen LogP contribution in [0.5, 0.6) is 0 Å². The molecule has 5 nitrogen and oxygen atoms in total. The van der Waals surface area contributed by atoms with E-state index in [2.05, 4.69) is 6.92 Å². The van der Waals surface area contributed by atoms with Crippen molar-refractivity contribution in [1.82, 2.24) is 5.32 Å². The number of carbonyl (C=O) groups excluding carboxylic acids is 1. The molecule has 0 aromatic heterocycles. The van der Waals surface area contributed by atoms with E-state index in [0.717, 1.165) is 19.3 Å². The monoisotopic (exact) mass is 273 g/mol. The van der Waals surface area contributed by atoms with Gasteiger partial charge in [-0.05, 0) is 6.42 Å². The van der Waals surface area contributed by atoms with E-state index in [1.165, 1.54) is 44.9 Å². The predicted molar refractivity (Wildman–Crippen MR) is 74.4 cm³/mol. The van der Waals surface area contributed by atoms with E-state index in [-0.39, 0.29) is 6.61 Å². The number of nitrogens with one attached hydrogen (secondary N) is 1. The molecule has 0 atom stereocenters. The smallest absolute Gasteiger partial charge is 0.416 e. The second-order valence-electron chi connectivity index (χ2n) is 4.75. The van der Waals surface area contributed by atoms with Crippen LogP contribution in [0.15, 0.2) is 0 Å². The molecule has 0 fully saturated rings. The van der Waals surface area contributed by atoms with Crippen LogP contribution < -0.4 is 5.32 Å². The maximum atomic E-state index is 10.8. The van der Waals surface area contributed by atoms with Gasteiger partial charge in [-0.15, -0.1) is 0 Å². The summed E-state index contributed by atoms with van der Waals surface area (Å²) in [7, 11) is 0. The third-order valence-corrected chi connectivity index (χ3v) is 2.94. The lowest BCUT2D eigenvalue weighted by atomic mass is 10.1. The largest absolute Gasteiger partial charge is 0.465 e. The summed E-state index contributed by atoms with van der Waals surface area (Å²) >= 11 is 0. The van der Waals surface area contributed by atoms with Gasteiger partial charge in [0, 0.05) is 0 Å². The first-order chi connectivity index (χ1) is 9.16. The van der Waals surface area contributed by atoms with Crippen molar-refractivity contribution in [3.63, 3.8) is 0 Å². The number of carboxylic acid groups (broad SMARTS) is 1. The summed E-state index contributed by atoms with van der Waals surface area (Å²) in [5.41, 5.74) is 0. The molecule has 2 amide bonds. The molecule has 112 valence electrons. The number of ether oxygens (including phenoxy) is 1. The summed E-state index contributed by atoms with van der Waals surface area (Å²) in [6.45, 7) is 2.51. The van der Waals surface area contributed by atoms with Gasteiger partial charge in [-0.25, -0.2) is 14.9 Å². The lowest BCUT2D eigenvalue weighted by Crippen LogP contribution is -2.29. The van der Waals surface area contributed by atoms with Crippen LogP contribution in [-0.2, 0) is 4.74 Å². The normalized spacial score (nSPS) is 10.2. The average Bonchev–Trinajstić information content (AvgIpc) is 2.35. The summed E-state index contributed by atoms with van der Waals surface area (Å²) in [6, 6.07) is 0. The highest BCUT2D eigenvalue weighted by molar-refractivity contribution is 5.86. The van der Waals surface area contributed by atoms with Crippen LogP contribution in [0.25, 0.3) is 0 Å². The van der Waals surface area contributed by atoms with Crippen molar-refractivity contribution in [2.45, 2.75) is 71.1 Å². The molecule has 0 bridgehead atoms. The maximum Gasteiger partial charge on any atom is 0.416 e. The van der Waals surface area contributed by atoms with Gasteiger partial charge in [-0.1, -0.05) is 64.7 Å². The molecule has 0 aliphatic heterocycles.